The molecule has 2 rings (SSSR count). The molecular formula is C13H14N4O3. The van der Waals surface area contributed by atoms with Gasteiger partial charge in [-0.3, -0.25) is 14.9 Å². The molecule has 1 aromatic carbocycles. The highest BCUT2D eigenvalue weighted by Crippen LogP contribution is 2.24. The summed E-state index contributed by atoms with van der Waals surface area (Å²) in [7, 11) is 0. The molecule has 1 heterocycles. The Labute approximate surface area is 115 Å². The van der Waals surface area contributed by atoms with Crippen molar-refractivity contribution in [3.63, 3.8) is 0 Å². The van der Waals surface area contributed by atoms with Gasteiger partial charge in [0.1, 0.15) is 11.6 Å². The standard InChI is InChI=1S/C13H14N4O3/c1-9-3-2-4-11(17(19)20)12(9)13(18)16-6-5-15-8-10(16)7-14/h2-4,10,15H,5-6,8H2,1H3. The number of hydrogen-bond acceptors (Lipinski definition) is 5. The molecule has 1 aliphatic rings. The summed E-state index contributed by atoms with van der Waals surface area (Å²) in [5.74, 6) is -0.456. The van der Waals surface area contributed by atoms with Gasteiger partial charge < -0.3 is 10.2 Å². The lowest BCUT2D eigenvalue weighted by Gasteiger charge is -2.32. The van der Waals surface area contributed by atoms with Gasteiger partial charge in [0.25, 0.3) is 11.6 Å². The quantitative estimate of drug-likeness (QED) is 0.636. The van der Waals surface area contributed by atoms with Crippen molar-refractivity contribution in [1.82, 2.24) is 10.2 Å². The van der Waals surface area contributed by atoms with Gasteiger partial charge in [-0.2, -0.15) is 5.26 Å². The van der Waals surface area contributed by atoms with E-state index in [1.165, 1.54) is 11.0 Å². The fourth-order valence-electron chi connectivity index (χ4n) is 2.29. The highest BCUT2D eigenvalue weighted by atomic mass is 16.6. The number of benzene rings is 1. The van der Waals surface area contributed by atoms with Crippen LogP contribution in [0.25, 0.3) is 0 Å². The number of amides is 1. The van der Waals surface area contributed by atoms with Crippen molar-refractivity contribution < 1.29 is 9.72 Å². The van der Waals surface area contributed by atoms with Crippen LogP contribution >= 0.6 is 0 Å². The summed E-state index contributed by atoms with van der Waals surface area (Å²) in [6.45, 7) is 2.97. The van der Waals surface area contributed by atoms with Crippen LogP contribution in [0.5, 0.6) is 0 Å². The van der Waals surface area contributed by atoms with Gasteiger partial charge in [-0.25, -0.2) is 0 Å². The van der Waals surface area contributed by atoms with Crippen molar-refractivity contribution >= 4 is 11.6 Å². The van der Waals surface area contributed by atoms with Gasteiger partial charge in [0.2, 0.25) is 0 Å². The van der Waals surface area contributed by atoms with Crippen molar-refractivity contribution in [2.75, 3.05) is 19.6 Å². The molecule has 0 radical (unpaired) electrons. The molecule has 0 aliphatic carbocycles. The fourth-order valence-corrected chi connectivity index (χ4v) is 2.29. The number of nitrogens with one attached hydrogen (secondary N) is 1. The van der Waals surface area contributed by atoms with Gasteiger partial charge >= 0.3 is 0 Å². The van der Waals surface area contributed by atoms with Crippen LogP contribution in [0.15, 0.2) is 18.2 Å². The van der Waals surface area contributed by atoms with Crippen LogP contribution in [0.4, 0.5) is 5.69 Å². The summed E-state index contributed by atoms with van der Waals surface area (Å²) < 4.78 is 0. The van der Waals surface area contributed by atoms with E-state index in [1.807, 2.05) is 6.07 Å². The molecule has 7 nitrogen and oxygen atoms in total. The molecule has 7 heteroatoms. The van der Waals surface area contributed by atoms with Crippen LogP contribution < -0.4 is 5.32 Å². The van der Waals surface area contributed by atoms with E-state index in [-0.39, 0.29) is 11.3 Å². The van der Waals surface area contributed by atoms with E-state index in [9.17, 15) is 14.9 Å². The SMILES string of the molecule is Cc1cccc([N+](=O)[O-])c1C(=O)N1CCNCC1C#N. The average Bonchev–Trinajstić information content (AvgIpc) is 2.46. The molecule has 1 fully saturated rings. The van der Waals surface area contributed by atoms with Crippen LogP contribution in [0, 0.1) is 28.4 Å². The highest BCUT2D eigenvalue weighted by molar-refractivity contribution is 6.00. The maximum Gasteiger partial charge on any atom is 0.282 e. The minimum atomic E-state index is -0.601. The van der Waals surface area contributed by atoms with Gasteiger partial charge in [-0.05, 0) is 12.5 Å². The maximum atomic E-state index is 12.6. The molecule has 0 spiro atoms. The number of aryl methyl sites for hydroxylation is 1. The number of nitro benzene ring substituents is 1. The van der Waals surface area contributed by atoms with Gasteiger partial charge in [0, 0.05) is 25.7 Å². The molecule has 1 amide bonds. The number of rotatable bonds is 2. The summed E-state index contributed by atoms with van der Waals surface area (Å²) in [6, 6.07) is 5.96. The van der Waals surface area contributed by atoms with E-state index in [4.69, 9.17) is 5.26 Å². The number of nitriles is 1. The lowest BCUT2D eigenvalue weighted by atomic mass is 10.0. The largest absolute Gasteiger partial charge is 0.320 e. The predicted octanol–water partition coefficient (Wildman–Crippen LogP) is 0.841. The first-order valence-corrected chi connectivity index (χ1v) is 6.21. The maximum absolute atomic E-state index is 12.6. The minimum absolute atomic E-state index is 0.0691. The number of piperazine rings is 1. The fraction of sp³-hybridized carbons (Fsp3) is 0.385. The first-order chi connectivity index (χ1) is 9.56. The molecule has 20 heavy (non-hydrogen) atoms. The third-order valence-corrected chi connectivity index (χ3v) is 3.31. The van der Waals surface area contributed by atoms with Crippen LogP contribution in [0.2, 0.25) is 0 Å². The van der Waals surface area contributed by atoms with Gasteiger partial charge in [0.15, 0.2) is 0 Å². The third-order valence-electron chi connectivity index (χ3n) is 3.31. The number of carbonyl (C=O) groups is 1. The first kappa shape index (κ1) is 14.0. The van der Waals surface area contributed by atoms with Crippen LogP contribution in [0.3, 0.4) is 0 Å². The summed E-state index contributed by atoms with van der Waals surface area (Å²) >= 11 is 0. The van der Waals surface area contributed by atoms with E-state index in [0.29, 0.717) is 25.2 Å². The van der Waals surface area contributed by atoms with Crippen LogP contribution in [-0.2, 0) is 0 Å². The number of carbonyl (C=O) groups excluding carboxylic acids is 1. The molecule has 1 saturated heterocycles. The summed E-state index contributed by atoms with van der Waals surface area (Å²) in [5.41, 5.74) is 0.393. The predicted molar refractivity (Wildman–Crippen MR) is 71.1 cm³/mol. The molecular weight excluding hydrogens is 260 g/mol. The minimum Gasteiger partial charge on any atom is -0.320 e. The van der Waals surface area contributed by atoms with E-state index < -0.39 is 16.9 Å². The van der Waals surface area contributed by atoms with E-state index in [1.54, 1.807) is 19.1 Å². The molecule has 0 saturated carbocycles. The topological polar surface area (TPSA) is 99.3 Å². The molecule has 104 valence electrons. The number of hydrogen-bond donors (Lipinski definition) is 1. The molecule has 1 aromatic rings. The average molecular weight is 274 g/mol. The first-order valence-electron chi connectivity index (χ1n) is 6.21. The Morgan fingerprint density at radius 1 is 1.60 bits per heavy atom. The monoisotopic (exact) mass is 274 g/mol. The molecule has 1 unspecified atom stereocenters. The third kappa shape index (κ3) is 2.46. The summed E-state index contributed by atoms with van der Waals surface area (Å²) in [6.07, 6.45) is 0. The Balaban J connectivity index is 2.43. The Morgan fingerprint density at radius 2 is 2.35 bits per heavy atom. The second-order valence-electron chi connectivity index (χ2n) is 4.57. The Kier molecular flexibility index (Phi) is 3.96. The normalized spacial score (nSPS) is 18.4. The Bertz CT molecular complexity index is 594. The lowest BCUT2D eigenvalue weighted by molar-refractivity contribution is -0.385. The van der Waals surface area contributed by atoms with Gasteiger partial charge in [0.05, 0.1) is 11.0 Å². The van der Waals surface area contributed by atoms with E-state index >= 15 is 0 Å². The van der Waals surface area contributed by atoms with Gasteiger partial charge in [-0.1, -0.05) is 12.1 Å². The number of nitro groups is 1. The molecule has 1 atom stereocenters. The highest BCUT2D eigenvalue weighted by Gasteiger charge is 2.32. The molecule has 1 N–H and O–H groups in total. The number of nitrogens with zero attached hydrogens (tertiary/aromatic N) is 3. The lowest BCUT2D eigenvalue weighted by Crippen LogP contribution is -2.53. The van der Waals surface area contributed by atoms with E-state index in [2.05, 4.69) is 5.32 Å². The van der Waals surface area contributed by atoms with E-state index in [0.717, 1.165) is 0 Å². The van der Waals surface area contributed by atoms with Crippen molar-refractivity contribution in [3.8, 4) is 6.07 Å². The van der Waals surface area contributed by atoms with Crippen LogP contribution in [-0.4, -0.2) is 41.4 Å². The summed E-state index contributed by atoms with van der Waals surface area (Å²) in [5, 5.41) is 23.2. The molecule has 1 aliphatic heterocycles. The van der Waals surface area contributed by atoms with Crippen molar-refractivity contribution in [2.24, 2.45) is 0 Å². The van der Waals surface area contributed by atoms with Crippen LogP contribution in [0.1, 0.15) is 15.9 Å². The Hall–Kier alpha value is -2.46. The summed E-state index contributed by atoms with van der Waals surface area (Å²) in [4.78, 5) is 24.5. The zero-order chi connectivity index (χ0) is 14.7. The Morgan fingerprint density at radius 3 is 3.00 bits per heavy atom. The zero-order valence-corrected chi connectivity index (χ0v) is 11.0. The molecule has 0 bridgehead atoms. The zero-order valence-electron chi connectivity index (χ0n) is 11.0. The van der Waals surface area contributed by atoms with Crippen molar-refractivity contribution in [1.29, 1.82) is 5.26 Å². The van der Waals surface area contributed by atoms with Crippen molar-refractivity contribution in [3.05, 3.63) is 39.4 Å². The van der Waals surface area contributed by atoms with Gasteiger partial charge in [-0.15, -0.1) is 0 Å². The smallest absolute Gasteiger partial charge is 0.282 e. The second-order valence-corrected chi connectivity index (χ2v) is 4.57. The second kappa shape index (κ2) is 5.67. The molecule has 0 aromatic heterocycles. The van der Waals surface area contributed by atoms with Crippen molar-refractivity contribution in [2.45, 2.75) is 13.0 Å².